The lowest BCUT2D eigenvalue weighted by molar-refractivity contribution is -0.152. The molecule has 6 nitrogen and oxygen atoms in total. The maximum Gasteiger partial charge on any atom is 0.246 e. The van der Waals surface area contributed by atoms with Gasteiger partial charge in [0.05, 0.1) is 12.7 Å². The average Bonchev–Trinajstić information content (AvgIpc) is 2.80. The van der Waals surface area contributed by atoms with Crippen molar-refractivity contribution in [3.8, 4) is 0 Å². The van der Waals surface area contributed by atoms with Crippen LogP contribution in [0.1, 0.15) is 25.8 Å². The molecule has 1 N–H and O–H groups in total. The van der Waals surface area contributed by atoms with Gasteiger partial charge in [-0.2, -0.15) is 5.10 Å². The molecule has 1 aliphatic rings. The van der Waals surface area contributed by atoms with Crippen molar-refractivity contribution in [3.63, 3.8) is 0 Å². The molecule has 19 heavy (non-hydrogen) atoms. The second-order valence-electron chi connectivity index (χ2n) is 5.13. The molecule has 2 rings (SSSR count). The Labute approximate surface area is 112 Å². The zero-order chi connectivity index (χ0) is 14.0. The van der Waals surface area contributed by atoms with E-state index in [0.29, 0.717) is 19.4 Å². The molecule has 0 radical (unpaired) electrons. The maximum absolute atomic E-state index is 12.0. The fourth-order valence-electron chi connectivity index (χ4n) is 2.40. The van der Waals surface area contributed by atoms with Crippen molar-refractivity contribution in [2.75, 3.05) is 13.1 Å². The number of amides is 2. The Morgan fingerprint density at radius 3 is 2.79 bits per heavy atom. The second-order valence-corrected chi connectivity index (χ2v) is 5.13. The first-order valence-electron chi connectivity index (χ1n) is 6.53. The molecule has 2 heterocycles. The van der Waals surface area contributed by atoms with Crippen molar-refractivity contribution < 1.29 is 9.59 Å². The molecule has 1 aliphatic heterocycles. The molecule has 0 aliphatic carbocycles. The zero-order valence-electron chi connectivity index (χ0n) is 11.6. The highest BCUT2D eigenvalue weighted by molar-refractivity contribution is 5.97. The number of rotatable bonds is 4. The van der Waals surface area contributed by atoms with E-state index in [1.54, 1.807) is 15.8 Å². The highest BCUT2D eigenvalue weighted by Crippen LogP contribution is 2.23. The molecule has 1 atom stereocenters. The number of aryl methyl sites for hydroxylation is 1. The summed E-state index contributed by atoms with van der Waals surface area (Å²) in [6.45, 7) is 4.39. The lowest BCUT2D eigenvalue weighted by atomic mass is 9.92. The van der Waals surface area contributed by atoms with Crippen molar-refractivity contribution in [3.05, 3.63) is 18.0 Å². The smallest absolute Gasteiger partial charge is 0.246 e. The quantitative estimate of drug-likeness (QED) is 0.838. The molecule has 0 spiro atoms. The van der Waals surface area contributed by atoms with Crippen molar-refractivity contribution in [2.45, 2.75) is 32.2 Å². The third kappa shape index (κ3) is 2.47. The number of hydrogen-bond donors (Lipinski definition) is 1. The molecule has 1 aromatic heterocycles. The molecule has 1 aromatic rings. The first kappa shape index (κ1) is 13.6. The largest absolute Gasteiger partial charge is 0.345 e. The van der Waals surface area contributed by atoms with E-state index in [1.165, 1.54) is 0 Å². The molecule has 0 bridgehead atoms. The topological polar surface area (TPSA) is 67.2 Å². The summed E-state index contributed by atoms with van der Waals surface area (Å²) in [5.74, 6) is -0.0892. The number of nitrogens with one attached hydrogen (secondary N) is 1. The Kier molecular flexibility index (Phi) is 3.59. The number of nitrogens with zero attached hydrogens (tertiary/aromatic N) is 3. The number of piperazine rings is 1. The van der Waals surface area contributed by atoms with Crippen molar-refractivity contribution in [1.29, 1.82) is 0 Å². The average molecular weight is 264 g/mol. The van der Waals surface area contributed by atoms with E-state index >= 15 is 0 Å². The predicted octanol–water partition coefficient (Wildman–Crippen LogP) is 0.0897. The summed E-state index contributed by atoms with van der Waals surface area (Å²) in [6.07, 6.45) is 5.04. The summed E-state index contributed by atoms with van der Waals surface area (Å²) in [5, 5.41) is 6.76. The minimum atomic E-state index is -0.739. The van der Waals surface area contributed by atoms with Crippen LogP contribution in [0.15, 0.2) is 12.4 Å². The molecule has 104 valence electrons. The van der Waals surface area contributed by atoms with E-state index < -0.39 is 5.54 Å². The van der Waals surface area contributed by atoms with E-state index in [0.717, 1.165) is 5.56 Å². The van der Waals surface area contributed by atoms with Crippen LogP contribution in [0.2, 0.25) is 0 Å². The van der Waals surface area contributed by atoms with E-state index in [4.69, 9.17) is 0 Å². The van der Waals surface area contributed by atoms with Crippen LogP contribution in [-0.4, -0.2) is 45.1 Å². The first-order valence-corrected chi connectivity index (χ1v) is 6.53. The summed E-state index contributed by atoms with van der Waals surface area (Å²) in [4.78, 5) is 25.7. The van der Waals surface area contributed by atoms with Gasteiger partial charge in [0.25, 0.3) is 0 Å². The molecule has 1 saturated heterocycles. The van der Waals surface area contributed by atoms with Crippen LogP contribution in [0.25, 0.3) is 0 Å². The zero-order valence-corrected chi connectivity index (χ0v) is 11.6. The maximum atomic E-state index is 12.0. The van der Waals surface area contributed by atoms with Gasteiger partial charge in [-0.15, -0.1) is 0 Å². The normalized spacial score (nSPS) is 23.6. The number of hydrogen-bond acceptors (Lipinski definition) is 3. The third-order valence-electron chi connectivity index (χ3n) is 3.86. The molecule has 2 amide bonds. The predicted molar refractivity (Wildman–Crippen MR) is 70.3 cm³/mol. The minimum absolute atomic E-state index is 0.0205. The van der Waals surface area contributed by atoms with E-state index in [1.807, 2.05) is 27.1 Å². The van der Waals surface area contributed by atoms with Crippen LogP contribution in [0.4, 0.5) is 0 Å². The SMILES string of the molecule is CCC1(C)C(=O)NCC(=O)N1CCc1cnn(C)c1. The Bertz CT molecular complexity index is 497. The van der Waals surface area contributed by atoms with Crippen LogP contribution in [-0.2, 0) is 23.1 Å². The Morgan fingerprint density at radius 2 is 2.21 bits per heavy atom. The molecular formula is C13H20N4O2. The van der Waals surface area contributed by atoms with Gasteiger partial charge in [-0.1, -0.05) is 6.92 Å². The Morgan fingerprint density at radius 1 is 1.47 bits per heavy atom. The van der Waals surface area contributed by atoms with Gasteiger partial charge >= 0.3 is 0 Å². The van der Waals surface area contributed by atoms with E-state index in [-0.39, 0.29) is 18.4 Å². The molecule has 0 aromatic carbocycles. The van der Waals surface area contributed by atoms with Crippen LogP contribution in [0.3, 0.4) is 0 Å². The van der Waals surface area contributed by atoms with Crippen LogP contribution < -0.4 is 5.32 Å². The molecule has 0 saturated carbocycles. The second kappa shape index (κ2) is 5.03. The fraction of sp³-hybridized carbons (Fsp3) is 0.615. The van der Waals surface area contributed by atoms with Crippen LogP contribution >= 0.6 is 0 Å². The Balaban J connectivity index is 2.11. The minimum Gasteiger partial charge on any atom is -0.345 e. The number of carbonyl (C=O) groups excluding carboxylic acids is 2. The lowest BCUT2D eigenvalue weighted by Gasteiger charge is -2.43. The van der Waals surface area contributed by atoms with Crippen molar-refractivity contribution in [2.24, 2.45) is 7.05 Å². The standard InChI is InChI=1S/C13H20N4O2/c1-4-13(2)12(19)14-8-11(18)17(13)6-5-10-7-15-16(3)9-10/h7,9H,4-6,8H2,1-3H3,(H,14,19). The molecule has 1 fully saturated rings. The molecule has 1 unspecified atom stereocenters. The first-order chi connectivity index (χ1) is 8.97. The van der Waals surface area contributed by atoms with Gasteiger partial charge in [0, 0.05) is 19.8 Å². The lowest BCUT2D eigenvalue weighted by Crippen LogP contribution is -2.65. The van der Waals surface area contributed by atoms with E-state index in [2.05, 4.69) is 10.4 Å². The summed E-state index contributed by atoms with van der Waals surface area (Å²) < 4.78 is 1.74. The van der Waals surface area contributed by atoms with Gasteiger partial charge in [0.1, 0.15) is 5.54 Å². The van der Waals surface area contributed by atoms with Gasteiger partial charge in [-0.3, -0.25) is 14.3 Å². The molecule has 6 heteroatoms. The number of aromatic nitrogens is 2. The highest BCUT2D eigenvalue weighted by atomic mass is 16.2. The monoisotopic (exact) mass is 264 g/mol. The summed E-state index contributed by atoms with van der Waals surface area (Å²) in [7, 11) is 1.86. The van der Waals surface area contributed by atoms with Gasteiger partial charge in [0.15, 0.2) is 0 Å². The van der Waals surface area contributed by atoms with Gasteiger partial charge in [-0.05, 0) is 25.3 Å². The van der Waals surface area contributed by atoms with E-state index in [9.17, 15) is 9.59 Å². The number of carbonyl (C=O) groups is 2. The highest BCUT2D eigenvalue weighted by Gasteiger charge is 2.43. The third-order valence-corrected chi connectivity index (χ3v) is 3.86. The van der Waals surface area contributed by atoms with Crippen LogP contribution in [0, 0.1) is 0 Å². The summed E-state index contributed by atoms with van der Waals surface area (Å²) in [6, 6.07) is 0. The van der Waals surface area contributed by atoms with Gasteiger partial charge < -0.3 is 10.2 Å². The Hall–Kier alpha value is -1.85. The van der Waals surface area contributed by atoms with Gasteiger partial charge in [0.2, 0.25) is 11.8 Å². The summed E-state index contributed by atoms with van der Waals surface area (Å²) >= 11 is 0. The summed E-state index contributed by atoms with van der Waals surface area (Å²) in [5.41, 5.74) is 0.331. The van der Waals surface area contributed by atoms with Crippen molar-refractivity contribution >= 4 is 11.8 Å². The molecular weight excluding hydrogens is 244 g/mol. The van der Waals surface area contributed by atoms with Gasteiger partial charge in [-0.25, -0.2) is 0 Å². The van der Waals surface area contributed by atoms with Crippen LogP contribution in [0.5, 0.6) is 0 Å². The fourth-order valence-corrected chi connectivity index (χ4v) is 2.40. The van der Waals surface area contributed by atoms with Crippen molar-refractivity contribution in [1.82, 2.24) is 20.0 Å².